The summed E-state index contributed by atoms with van der Waals surface area (Å²) in [6.07, 6.45) is 2.83. The number of para-hydroxylation sites is 1. The Balaban J connectivity index is 2.04. The van der Waals surface area contributed by atoms with Crippen molar-refractivity contribution in [2.75, 3.05) is 25.0 Å². The second-order valence-electron chi connectivity index (χ2n) is 4.73. The highest BCUT2D eigenvalue weighted by Crippen LogP contribution is 2.31. The molecule has 2 nitrogen and oxygen atoms in total. The molecule has 1 aromatic carbocycles. The largest absolute Gasteiger partial charge is 0.374 e. The van der Waals surface area contributed by atoms with Crippen molar-refractivity contribution in [3.05, 3.63) is 29.8 Å². The molecule has 0 atom stereocenters. The minimum atomic E-state index is 0.942. The van der Waals surface area contributed by atoms with Crippen LogP contribution in [-0.4, -0.2) is 20.1 Å². The van der Waals surface area contributed by atoms with Crippen LogP contribution in [0.25, 0.3) is 0 Å². The maximum Gasteiger partial charge on any atom is 0.0409 e. The number of benzene rings is 1. The lowest BCUT2D eigenvalue weighted by molar-refractivity contribution is 0.718. The van der Waals surface area contributed by atoms with Crippen LogP contribution in [0.4, 0.5) is 5.69 Å². The third kappa shape index (κ3) is 2.99. The van der Waals surface area contributed by atoms with Gasteiger partial charge in [-0.05, 0) is 36.9 Å². The van der Waals surface area contributed by atoms with Gasteiger partial charge in [-0.15, -0.1) is 0 Å². The van der Waals surface area contributed by atoms with Gasteiger partial charge < -0.3 is 10.2 Å². The molecule has 1 aliphatic rings. The van der Waals surface area contributed by atoms with E-state index in [0.717, 1.165) is 19.0 Å². The maximum atomic E-state index is 3.40. The normalized spacial score (nSPS) is 15.1. The van der Waals surface area contributed by atoms with Crippen LogP contribution in [0.3, 0.4) is 0 Å². The Bertz CT molecular complexity index is 331. The van der Waals surface area contributed by atoms with E-state index in [0.29, 0.717) is 0 Å². The van der Waals surface area contributed by atoms with Crippen LogP contribution < -0.4 is 10.2 Å². The van der Waals surface area contributed by atoms with E-state index >= 15 is 0 Å². The van der Waals surface area contributed by atoms with E-state index in [9.17, 15) is 0 Å². The molecule has 0 aliphatic heterocycles. The highest BCUT2D eigenvalue weighted by Gasteiger charge is 2.23. The van der Waals surface area contributed by atoms with Gasteiger partial charge in [-0.25, -0.2) is 0 Å². The quantitative estimate of drug-likeness (QED) is 0.789. The molecular formula is C14H22N2. The number of hydrogen-bond acceptors (Lipinski definition) is 2. The Hall–Kier alpha value is -1.02. The summed E-state index contributed by atoms with van der Waals surface area (Å²) in [5, 5.41) is 3.40. The van der Waals surface area contributed by atoms with Crippen molar-refractivity contribution in [3.8, 4) is 0 Å². The predicted octanol–water partition coefficient (Wildman–Crippen LogP) is 2.64. The van der Waals surface area contributed by atoms with Gasteiger partial charge >= 0.3 is 0 Å². The van der Waals surface area contributed by atoms with Crippen LogP contribution >= 0.6 is 0 Å². The summed E-state index contributed by atoms with van der Waals surface area (Å²) < 4.78 is 0. The second-order valence-corrected chi connectivity index (χ2v) is 4.73. The van der Waals surface area contributed by atoms with Crippen LogP contribution in [0.1, 0.15) is 25.3 Å². The molecule has 88 valence electrons. The smallest absolute Gasteiger partial charge is 0.0409 e. The summed E-state index contributed by atoms with van der Waals surface area (Å²) in [6, 6.07) is 8.71. The highest BCUT2D eigenvalue weighted by atomic mass is 15.1. The van der Waals surface area contributed by atoms with Crippen LogP contribution in [0, 0.1) is 5.92 Å². The van der Waals surface area contributed by atoms with E-state index in [1.165, 1.54) is 30.6 Å². The fourth-order valence-corrected chi connectivity index (χ4v) is 2.08. The summed E-state index contributed by atoms with van der Waals surface area (Å²) in [5.74, 6) is 0.942. The van der Waals surface area contributed by atoms with Gasteiger partial charge in [-0.3, -0.25) is 0 Å². The zero-order valence-corrected chi connectivity index (χ0v) is 10.4. The molecule has 0 radical (unpaired) electrons. The molecule has 0 saturated heterocycles. The minimum Gasteiger partial charge on any atom is -0.374 e. The lowest BCUT2D eigenvalue weighted by Crippen LogP contribution is -2.23. The van der Waals surface area contributed by atoms with Crippen molar-refractivity contribution in [1.82, 2.24) is 5.32 Å². The van der Waals surface area contributed by atoms with Crippen molar-refractivity contribution >= 4 is 5.69 Å². The van der Waals surface area contributed by atoms with Crippen molar-refractivity contribution in [1.29, 1.82) is 0 Å². The van der Waals surface area contributed by atoms with Gasteiger partial charge in [-0.2, -0.15) is 0 Å². The first kappa shape index (κ1) is 11.5. The van der Waals surface area contributed by atoms with Crippen LogP contribution in [0.2, 0.25) is 0 Å². The molecule has 0 spiro atoms. The Morgan fingerprint density at radius 1 is 1.31 bits per heavy atom. The number of hydrogen-bond donors (Lipinski definition) is 1. The summed E-state index contributed by atoms with van der Waals surface area (Å²) in [7, 11) is 2.21. The second kappa shape index (κ2) is 5.35. The maximum absolute atomic E-state index is 3.40. The van der Waals surface area contributed by atoms with Gasteiger partial charge in [0.2, 0.25) is 0 Å². The molecule has 0 bridgehead atoms. The Labute approximate surface area is 98.7 Å². The molecule has 1 N–H and O–H groups in total. The standard InChI is InChI=1S/C14H22N2/c1-3-15-10-13-6-4-5-7-14(13)16(2)11-12-8-9-12/h4-7,12,15H,3,8-11H2,1-2H3. The average Bonchev–Trinajstić information content (AvgIpc) is 3.10. The topological polar surface area (TPSA) is 15.3 Å². The monoisotopic (exact) mass is 218 g/mol. The summed E-state index contributed by atoms with van der Waals surface area (Å²) in [4.78, 5) is 2.41. The molecule has 2 rings (SSSR count). The SMILES string of the molecule is CCNCc1ccccc1N(C)CC1CC1. The molecular weight excluding hydrogens is 196 g/mol. The van der Waals surface area contributed by atoms with E-state index in [1.54, 1.807) is 0 Å². The fourth-order valence-electron chi connectivity index (χ4n) is 2.08. The van der Waals surface area contributed by atoms with Gasteiger partial charge in [0.1, 0.15) is 0 Å². The van der Waals surface area contributed by atoms with Gasteiger partial charge in [0.25, 0.3) is 0 Å². The first-order chi connectivity index (χ1) is 7.81. The molecule has 1 aliphatic carbocycles. The van der Waals surface area contributed by atoms with Crippen molar-refractivity contribution in [2.45, 2.75) is 26.3 Å². The highest BCUT2D eigenvalue weighted by molar-refractivity contribution is 5.53. The molecule has 1 aromatic rings. The summed E-state index contributed by atoms with van der Waals surface area (Å²) >= 11 is 0. The van der Waals surface area contributed by atoms with Crippen LogP contribution in [-0.2, 0) is 6.54 Å². The number of nitrogens with one attached hydrogen (secondary N) is 1. The third-order valence-corrected chi connectivity index (χ3v) is 3.20. The average molecular weight is 218 g/mol. The van der Waals surface area contributed by atoms with Crippen LogP contribution in [0.5, 0.6) is 0 Å². The lowest BCUT2D eigenvalue weighted by atomic mass is 10.1. The summed E-state index contributed by atoms with van der Waals surface area (Å²) in [5.41, 5.74) is 2.79. The zero-order chi connectivity index (χ0) is 11.4. The van der Waals surface area contributed by atoms with Gasteiger partial charge in [0.05, 0.1) is 0 Å². The molecule has 0 unspecified atom stereocenters. The van der Waals surface area contributed by atoms with E-state index in [4.69, 9.17) is 0 Å². The van der Waals surface area contributed by atoms with Crippen molar-refractivity contribution in [3.63, 3.8) is 0 Å². The molecule has 2 heteroatoms. The first-order valence-electron chi connectivity index (χ1n) is 6.31. The molecule has 1 saturated carbocycles. The number of anilines is 1. The minimum absolute atomic E-state index is 0.942. The molecule has 0 amide bonds. The molecule has 16 heavy (non-hydrogen) atoms. The Morgan fingerprint density at radius 3 is 2.75 bits per heavy atom. The number of nitrogens with zero attached hydrogens (tertiary/aromatic N) is 1. The first-order valence-corrected chi connectivity index (χ1v) is 6.31. The van der Waals surface area contributed by atoms with Gasteiger partial charge in [-0.1, -0.05) is 25.1 Å². The van der Waals surface area contributed by atoms with E-state index in [2.05, 4.69) is 48.5 Å². The molecule has 0 heterocycles. The zero-order valence-electron chi connectivity index (χ0n) is 10.4. The molecule has 1 fully saturated rings. The van der Waals surface area contributed by atoms with E-state index < -0.39 is 0 Å². The lowest BCUT2D eigenvalue weighted by Gasteiger charge is -2.22. The molecule has 0 aromatic heterocycles. The Morgan fingerprint density at radius 2 is 2.06 bits per heavy atom. The summed E-state index contributed by atoms with van der Waals surface area (Å²) in [6.45, 7) is 5.36. The fraction of sp³-hybridized carbons (Fsp3) is 0.571. The van der Waals surface area contributed by atoms with Gasteiger partial charge in [0, 0.05) is 25.8 Å². The third-order valence-electron chi connectivity index (χ3n) is 3.20. The van der Waals surface area contributed by atoms with Gasteiger partial charge in [0.15, 0.2) is 0 Å². The number of rotatable bonds is 6. The van der Waals surface area contributed by atoms with Crippen molar-refractivity contribution < 1.29 is 0 Å². The predicted molar refractivity (Wildman–Crippen MR) is 69.8 cm³/mol. The Kier molecular flexibility index (Phi) is 3.83. The van der Waals surface area contributed by atoms with Crippen LogP contribution in [0.15, 0.2) is 24.3 Å². The van der Waals surface area contributed by atoms with Crippen molar-refractivity contribution in [2.24, 2.45) is 5.92 Å². The van der Waals surface area contributed by atoms with E-state index in [1.807, 2.05) is 0 Å². The van der Waals surface area contributed by atoms with E-state index in [-0.39, 0.29) is 0 Å².